The van der Waals surface area contributed by atoms with Crippen LogP contribution in [-0.4, -0.2) is 16.8 Å². The molecular formula is C15H19ClFN3O. The number of aromatic nitrogens is 2. The Hall–Kier alpha value is -1.59. The Morgan fingerprint density at radius 3 is 2.71 bits per heavy atom. The second-order valence-electron chi connectivity index (χ2n) is 4.95. The molecule has 1 unspecified atom stereocenters. The molecule has 0 aliphatic heterocycles. The summed E-state index contributed by atoms with van der Waals surface area (Å²) in [5, 5.41) is 7.80. The molecule has 1 heterocycles. The molecule has 4 nitrogen and oxygen atoms in total. The van der Waals surface area contributed by atoms with E-state index in [9.17, 15) is 4.39 Å². The third-order valence-corrected chi connectivity index (χ3v) is 4.00. The number of nitrogens with zero attached hydrogens (tertiary/aromatic N) is 2. The minimum absolute atomic E-state index is 0.0479. The van der Waals surface area contributed by atoms with Crippen molar-refractivity contribution in [3.63, 3.8) is 0 Å². The van der Waals surface area contributed by atoms with Crippen LogP contribution in [0.2, 0.25) is 5.02 Å². The highest BCUT2D eigenvalue weighted by molar-refractivity contribution is 6.31. The van der Waals surface area contributed by atoms with Crippen LogP contribution in [0.4, 0.5) is 4.39 Å². The quantitative estimate of drug-likeness (QED) is 0.920. The second kappa shape index (κ2) is 6.45. The summed E-state index contributed by atoms with van der Waals surface area (Å²) in [6.07, 6.45) is 0. The summed E-state index contributed by atoms with van der Waals surface area (Å²) in [6.45, 7) is 3.98. The first-order valence-electron chi connectivity index (χ1n) is 6.71. The highest BCUT2D eigenvalue weighted by atomic mass is 35.5. The Labute approximate surface area is 128 Å². The third kappa shape index (κ3) is 3.36. The summed E-state index contributed by atoms with van der Waals surface area (Å²) < 4.78 is 21.3. The predicted octanol–water partition coefficient (Wildman–Crippen LogP) is 3.38. The Morgan fingerprint density at radius 1 is 1.48 bits per heavy atom. The van der Waals surface area contributed by atoms with Crippen molar-refractivity contribution < 1.29 is 9.13 Å². The lowest BCUT2D eigenvalue weighted by molar-refractivity contribution is 0.293. The van der Waals surface area contributed by atoms with Crippen molar-refractivity contribution in [1.29, 1.82) is 0 Å². The third-order valence-electron chi connectivity index (χ3n) is 3.51. The Balaban J connectivity index is 2.12. The lowest BCUT2D eigenvalue weighted by Gasteiger charge is -2.13. The summed E-state index contributed by atoms with van der Waals surface area (Å²) in [5.41, 5.74) is 2.13. The van der Waals surface area contributed by atoms with Crippen LogP contribution in [0.25, 0.3) is 0 Å². The van der Waals surface area contributed by atoms with Crippen LogP contribution in [0.5, 0.6) is 5.75 Å². The van der Waals surface area contributed by atoms with Crippen molar-refractivity contribution in [2.45, 2.75) is 26.5 Å². The van der Waals surface area contributed by atoms with E-state index in [4.69, 9.17) is 16.3 Å². The normalized spacial score (nSPS) is 12.5. The molecule has 0 bridgehead atoms. The Morgan fingerprint density at radius 2 is 2.19 bits per heavy atom. The number of benzene rings is 1. The van der Waals surface area contributed by atoms with Crippen LogP contribution < -0.4 is 10.1 Å². The van der Waals surface area contributed by atoms with Gasteiger partial charge in [0, 0.05) is 24.7 Å². The fourth-order valence-electron chi connectivity index (χ4n) is 2.09. The number of hydrogen-bond acceptors (Lipinski definition) is 3. The highest BCUT2D eigenvalue weighted by Crippen LogP contribution is 2.24. The van der Waals surface area contributed by atoms with Gasteiger partial charge in [0.2, 0.25) is 0 Å². The van der Waals surface area contributed by atoms with Crippen molar-refractivity contribution in [3.05, 3.63) is 46.0 Å². The van der Waals surface area contributed by atoms with Gasteiger partial charge in [-0.2, -0.15) is 5.10 Å². The van der Waals surface area contributed by atoms with E-state index in [1.54, 1.807) is 30.9 Å². The molecule has 0 amide bonds. The largest absolute Gasteiger partial charge is 0.487 e. The van der Waals surface area contributed by atoms with Crippen LogP contribution in [0, 0.1) is 12.7 Å². The van der Waals surface area contributed by atoms with Gasteiger partial charge in [0.1, 0.15) is 18.2 Å². The maximum Gasteiger partial charge on any atom is 0.131 e. The molecule has 2 rings (SSSR count). The maximum atomic E-state index is 14.0. The first-order chi connectivity index (χ1) is 9.93. The molecule has 0 spiro atoms. The van der Waals surface area contributed by atoms with Gasteiger partial charge < -0.3 is 10.1 Å². The Bertz CT molecular complexity index is 642. The van der Waals surface area contributed by atoms with Crippen molar-refractivity contribution in [3.8, 4) is 5.75 Å². The number of nitrogens with one attached hydrogen (secondary N) is 1. The first-order valence-corrected chi connectivity index (χ1v) is 7.09. The SMILES string of the molecule is CNC(C)c1ccc(OCc2c(Cl)c(C)nn2C)cc1F. The fraction of sp³-hybridized carbons (Fsp3) is 0.400. The molecule has 0 saturated carbocycles. The molecule has 1 N–H and O–H groups in total. The van der Waals surface area contributed by atoms with Gasteiger partial charge in [0.05, 0.1) is 16.4 Å². The lowest BCUT2D eigenvalue weighted by atomic mass is 10.1. The molecule has 114 valence electrons. The molecule has 1 aromatic heterocycles. The second-order valence-corrected chi connectivity index (χ2v) is 5.33. The van der Waals surface area contributed by atoms with E-state index in [0.29, 0.717) is 16.3 Å². The number of rotatable bonds is 5. The summed E-state index contributed by atoms with van der Waals surface area (Å²) in [7, 11) is 3.59. The molecule has 0 fully saturated rings. The van der Waals surface area contributed by atoms with Crippen LogP contribution in [0.3, 0.4) is 0 Å². The molecule has 0 saturated heterocycles. The van der Waals surface area contributed by atoms with Gasteiger partial charge in [0.15, 0.2) is 0 Å². The molecule has 0 radical (unpaired) electrons. The zero-order valence-electron chi connectivity index (χ0n) is 12.6. The molecule has 1 atom stereocenters. The van der Waals surface area contributed by atoms with Crippen molar-refractivity contribution in [1.82, 2.24) is 15.1 Å². The number of ether oxygens (including phenoxy) is 1. The summed E-state index contributed by atoms with van der Waals surface area (Å²) in [4.78, 5) is 0. The van der Waals surface area contributed by atoms with Crippen LogP contribution >= 0.6 is 11.6 Å². The van der Waals surface area contributed by atoms with E-state index in [-0.39, 0.29) is 18.5 Å². The topological polar surface area (TPSA) is 39.1 Å². The minimum Gasteiger partial charge on any atom is -0.487 e. The van der Waals surface area contributed by atoms with Crippen LogP contribution in [0.15, 0.2) is 18.2 Å². The zero-order chi connectivity index (χ0) is 15.6. The lowest BCUT2D eigenvalue weighted by Crippen LogP contribution is -2.13. The average Bonchev–Trinajstić information content (AvgIpc) is 2.69. The standard InChI is InChI=1S/C15H19ClFN3O/c1-9(18-3)12-6-5-11(7-13(12)17)21-8-14-15(16)10(2)19-20(14)4/h5-7,9,18H,8H2,1-4H3. The average molecular weight is 312 g/mol. The molecule has 0 aliphatic rings. The Kier molecular flexibility index (Phi) is 4.85. The monoisotopic (exact) mass is 311 g/mol. The predicted molar refractivity (Wildman–Crippen MR) is 81.2 cm³/mol. The van der Waals surface area contributed by atoms with E-state index >= 15 is 0 Å². The van der Waals surface area contributed by atoms with E-state index in [1.807, 2.05) is 13.8 Å². The molecular weight excluding hydrogens is 293 g/mol. The van der Waals surface area contributed by atoms with Gasteiger partial charge in [-0.1, -0.05) is 17.7 Å². The van der Waals surface area contributed by atoms with Gasteiger partial charge in [-0.15, -0.1) is 0 Å². The minimum atomic E-state index is -0.290. The van der Waals surface area contributed by atoms with Crippen LogP contribution in [0.1, 0.15) is 29.9 Å². The molecule has 0 aliphatic carbocycles. The molecule has 2 aromatic rings. The van der Waals surface area contributed by atoms with Gasteiger partial charge in [-0.3, -0.25) is 4.68 Å². The van der Waals surface area contributed by atoms with Gasteiger partial charge in [-0.25, -0.2) is 4.39 Å². The van der Waals surface area contributed by atoms with Crippen LogP contribution in [-0.2, 0) is 13.7 Å². The molecule has 6 heteroatoms. The van der Waals surface area contributed by atoms with Gasteiger partial charge >= 0.3 is 0 Å². The summed E-state index contributed by atoms with van der Waals surface area (Å²) in [6, 6.07) is 4.82. The van der Waals surface area contributed by atoms with E-state index in [2.05, 4.69) is 10.4 Å². The van der Waals surface area contributed by atoms with E-state index in [0.717, 1.165) is 11.4 Å². The fourth-order valence-corrected chi connectivity index (χ4v) is 2.31. The highest BCUT2D eigenvalue weighted by Gasteiger charge is 2.13. The number of aryl methyl sites for hydroxylation is 2. The number of halogens is 2. The van der Waals surface area contributed by atoms with Crippen molar-refractivity contribution in [2.75, 3.05) is 7.05 Å². The zero-order valence-corrected chi connectivity index (χ0v) is 13.3. The smallest absolute Gasteiger partial charge is 0.131 e. The van der Waals surface area contributed by atoms with Crippen molar-refractivity contribution in [2.24, 2.45) is 7.05 Å². The van der Waals surface area contributed by atoms with E-state index < -0.39 is 0 Å². The van der Waals surface area contributed by atoms with Crippen molar-refractivity contribution >= 4 is 11.6 Å². The summed E-state index contributed by atoms with van der Waals surface area (Å²) >= 11 is 6.15. The number of hydrogen-bond donors (Lipinski definition) is 1. The first kappa shape index (κ1) is 15.8. The van der Waals surface area contributed by atoms with E-state index in [1.165, 1.54) is 6.07 Å². The molecule has 1 aromatic carbocycles. The van der Waals surface area contributed by atoms with Gasteiger partial charge in [-0.05, 0) is 27.0 Å². The van der Waals surface area contributed by atoms with Gasteiger partial charge in [0.25, 0.3) is 0 Å². The maximum absolute atomic E-state index is 14.0. The summed E-state index contributed by atoms with van der Waals surface area (Å²) in [5.74, 6) is 0.177. The molecule has 21 heavy (non-hydrogen) atoms.